The highest BCUT2D eigenvalue weighted by atomic mass is 16.6. The van der Waals surface area contributed by atoms with Gasteiger partial charge < -0.3 is 20.2 Å². The topological polar surface area (TPSA) is 84.5 Å². The number of amides is 2. The third-order valence-corrected chi connectivity index (χ3v) is 2.13. The second-order valence-electron chi connectivity index (χ2n) is 5.56. The monoisotopic (exact) mass is 272 g/mol. The largest absolute Gasteiger partial charge is 0.444 e. The molecule has 2 amide bonds. The zero-order valence-corrected chi connectivity index (χ0v) is 12.3. The average Bonchev–Trinajstić information content (AvgIpc) is 2.21. The predicted octanol–water partition coefficient (Wildman–Crippen LogP) is 1.39. The van der Waals surface area contributed by atoms with E-state index in [0.717, 1.165) is 0 Å². The first-order valence-corrected chi connectivity index (χ1v) is 6.36. The van der Waals surface area contributed by atoms with Crippen molar-refractivity contribution in [2.24, 2.45) is 0 Å². The number of hydrogen-bond acceptors (Lipinski definition) is 4. The lowest BCUT2D eigenvalue weighted by atomic mass is 10.1. The molecule has 0 fully saturated rings. The fourth-order valence-electron chi connectivity index (χ4n) is 1.28. The van der Waals surface area contributed by atoms with Crippen LogP contribution in [0.2, 0.25) is 0 Å². The van der Waals surface area contributed by atoms with Gasteiger partial charge >= 0.3 is 6.09 Å². The van der Waals surface area contributed by atoms with Crippen LogP contribution >= 0.6 is 0 Å². The number of alkyl carbamates (subject to hydrolysis) is 1. The second kappa shape index (κ2) is 7.76. The van der Waals surface area contributed by atoms with Crippen LogP contribution in [0, 0.1) is 0 Å². The van der Waals surface area contributed by atoms with Crippen LogP contribution < -0.4 is 10.6 Å². The summed E-state index contributed by atoms with van der Waals surface area (Å²) in [6, 6.07) is -0.100. The van der Waals surface area contributed by atoms with Crippen molar-refractivity contribution in [2.45, 2.75) is 59.1 Å². The fourth-order valence-corrected chi connectivity index (χ4v) is 1.28. The zero-order chi connectivity index (χ0) is 15.1. The summed E-state index contributed by atoms with van der Waals surface area (Å²) in [5.74, 6) is -0.213. The highest BCUT2D eigenvalue weighted by Crippen LogP contribution is 2.06. The Morgan fingerprint density at radius 2 is 1.79 bits per heavy atom. The first kappa shape index (κ1) is 17.4. The van der Waals surface area contributed by atoms with Crippen LogP contribution in [0.3, 0.4) is 0 Å². The quantitative estimate of drug-likeness (QED) is 0.765. The minimum absolute atomic E-state index is 0.0907. The molecule has 0 saturated heterocycles. The molecule has 110 valence electrons. The van der Waals surface area contributed by atoms with Gasteiger partial charge in [-0.15, -0.1) is 0 Å². The van der Waals surface area contributed by atoms with Crippen LogP contribution in [0.1, 0.15) is 47.5 Å². The molecule has 1 atom stereocenters. The van der Waals surface area contributed by atoms with Gasteiger partial charge in [-0.3, -0.25) is 4.79 Å². The Morgan fingerprint density at radius 3 is 2.26 bits per heavy atom. The SMILES string of the molecule is CC(=O)CCC(C)NC(=O)CNC(=O)OC(C)(C)C. The predicted molar refractivity (Wildman–Crippen MR) is 71.8 cm³/mol. The van der Waals surface area contributed by atoms with E-state index in [1.165, 1.54) is 6.92 Å². The molecule has 0 bridgehead atoms. The minimum atomic E-state index is -0.626. The molecule has 0 heterocycles. The number of ether oxygens (including phenoxy) is 1. The minimum Gasteiger partial charge on any atom is -0.444 e. The summed E-state index contributed by atoms with van der Waals surface area (Å²) in [4.78, 5) is 33.6. The lowest BCUT2D eigenvalue weighted by Gasteiger charge is -2.20. The highest BCUT2D eigenvalue weighted by molar-refractivity contribution is 5.82. The molecule has 0 saturated carbocycles. The molecule has 1 unspecified atom stereocenters. The summed E-state index contributed by atoms with van der Waals surface area (Å²) in [7, 11) is 0. The molecule has 0 aromatic carbocycles. The molecule has 0 aromatic rings. The van der Waals surface area contributed by atoms with Crippen molar-refractivity contribution in [3.8, 4) is 0 Å². The first-order chi connectivity index (χ1) is 8.60. The number of carbonyl (C=O) groups is 3. The molecular formula is C13H24N2O4. The third kappa shape index (κ3) is 11.2. The summed E-state index contributed by atoms with van der Waals surface area (Å²) in [5, 5.41) is 5.06. The molecule has 6 nitrogen and oxygen atoms in total. The molecule has 0 aromatic heterocycles. The van der Waals surface area contributed by atoms with E-state index in [1.54, 1.807) is 20.8 Å². The van der Waals surface area contributed by atoms with Crippen LogP contribution in [-0.2, 0) is 14.3 Å². The number of ketones is 1. The number of hydrogen-bond donors (Lipinski definition) is 2. The first-order valence-electron chi connectivity index (χ1n) is 6.36. The Kier molecular flexibility index (Phi) is 7.11. The van der Waals surface area contributed by atoms with Crippen LogP contribution in [0.15, 0.2) is 0 Å². The molecule has 0 aliphatic heterocycles. The van der Waals surface area contributed by atoms with E-state index < -0.39 is 11.7 Å². The highest BCUT2D eigenvalue weighted by Gasteiger charge is 2.17. The third-order valence-electron chi connectivity index (χ3n) is 2.13. The van der Waals surface area contributed by atoms with Gasteiger partial charge in [0.2, 0.25) is 5.91 Å². The molecule has 19 heavy (non-hydrogen) atoms. The maximum absolute atomic E-state index is 11.5. The van der Waals surface area contributed by atoms with E-state index in [1.807, 2.05) is 6.92 Å². The van der Waals surface area contributed by atoms with Crippen LogP contribution in [0.5, 0.6) is 0 Å². The molecular weight excluding hydrogens is 248 g/mol. The summed E-state index contributed by atoms with van der Waals surface area (Å²) < 4.78 is 5.00. The lowest BCUT2D eigenvalue weighted by molar-refractivity contribution is -0.121. The Bertz CT molecular complexity index is 334. The lowest BCUT2D eigenvalue weighted by Crippen LogP contribution is -2.42. The Balaban J connectivity index is 3.86. The van der Waals surface area contributed by atoms with Gasteiger partial charge in [0.1, 0.15) is 17.9 Å². The van der Waals surface area contributed by atoms with Crippen LogP contribution in [0.25, 0.3) is 0 Å². The molecule has 0 aliphatic rings. The fraction of sp³-hybridized carbons (Fsp3) is 0.769. The zero-order valence-electron chi connectivity index (χ0n) is 12.3. The van der Waals surface area contributed by atoms with Gasteiger partial charge in [-0.25, -0.2) is 4.79 Å². The summed E-state index contributed by atoms with van der Waals surface area (Å²) in [6.07, 6.45) is 0.396. The Hall–Kier alpha value is -1.59. The molecule has 0 radical (unpaired) electrons. The van der Waals surface area contributed by atoms with Crippen molar-refractivity contribution < 1.29 is 19.1 Å². The second-order valence-corrected chi connectivity index (χ2v) is 5.56. The van der Waals surface area contributed by atoms with Gasteiger partial charge in [-0.2, -0.15) is 0 Å². The smallest absolute Gasteiger partial charge is 0.408 e. The van der Waals surface area contributed by atoms with Gasteiger partial charge in [-0.1, -0.05) is 0 Å². The van der Waals surface area contributed by atoms with Gasteiger partial charge in [0.15, 0.2) is 0 Å². The molecule has 0 rings (SSSR count). The van der Waals surface area contributed by atoms with Crippen LogP contribution in [-0.4, -0.2) is 36.0 Å². The number of Topliss-reactive ketones (excluding diaryl/α,β-unsaturated/α-hetero) is 1. The summed E-state index contributed by atoms with van der Waals surface area (Å²) >= 11 is 0. The van der Waals surface area contributed by atoms with Gasteiger partial charge in [0.25, 0.3) is 0 Å². The molecule has 6 heteroatoms. The molecule has 2 N–H and O–H groups in total. The van der Waals surface area contributed by atoms with E-state index in [4.69, 9.17) is 4.74 Å². The van der Waals surface area contributed by atoms with Crippen molar-refractivity contribution in [3.05, 3.63) is 0 Å². The van der Waals surface area contributed by atoms with Crippen molar-refractivity contribution >= 4 is 17.8 Å². The van der Waals surface area contributed by atoms with Crippen molar-refractivity contribution in [3.63, 3.8) is 0 Å². The summed E-state index contributed by atoms with van der Waals surface area (Å²) in [5.41, 5.74) is -0.588. The van der Waals surface area contributed by atoms with E-state index in [2.05, 4.69) is 10.6 Å². The maximum Gasteiger partial charge on any atom is 0.408 e. The molecule has 0 aliphatic carbocycles. The standard InChI is InChI=1S/C13H24N2O4/c1-9(6-7-10(2)16)15-11(17)8-14-12(18)19-13(3,4)5/h9H,6-8H2,1-5H3,(H,14,18)(H,15,17). The maximum atomic E-state index is 11.5. The van der Waals surface area contributed by atoms with Crippen molar-refractivity contribution in [1.82, 2.24) is 10.6 Å². The van der Waals surface area contributed by atoms with Crippen LogP contribution in [0.4, 0.5) is 4.79 Å². The number of nitrogens with one attached hydrogen (secondary N) is 2. The average molecular weight is 272 g/mol. The Morgan fingerprint density at radius 1 is 1.21 bits per heavy atom. The van der Waals surface area contributed by atoms with Gasteiger partial charge in [0, 0.05) is 12.5 Å². The van der Waals surface area contributed by atoms with E-state index >= 15 is 0 Å². The van der Waals surface area contributed by atoms with E-state index in [0.29, 0.717) is 12.8 Å². The molecule has 0 spiro atoms. The van der Waals surface area contributed by atoms with Gasteiger partial charge in [-0.05, 0) is 41.0 Å². The van der Waals surface area contributed by atoms with E-state index in [9.17, 15) is 14.4 Å². The van der Waals surface area contributed by atoms with Gasteiger partial charge in [0.05, 0.1) is 0 Å². The number of rotatable bonds is 6. The normalized spacial score (nSPS) is 12.5. The van der Waals surface area contributed by atoms with E-state index in [-0.39, 0.29) is 24.3 Å². The van der Waals surface area contributed by atoms with Crippen molar-refractivity contribution in [2.75, 3.05) is 6.54 Å². The van der Waals surface area contributed by atoms with Crippen molar-refractivity contribution in [1.29, 1.82) is 0 Å². The summed E-state index contributed by atoms with van der Waals surface area (Å²) in [6.45, 7) is 8.43. The number of carbonyl (C=O) groups excluding carboxylic acids is 3. The Labute approximate surface area is 114 Å².